The number of nitrogens with one attached hydrogen (secondary N) is 1. The molecule has 4 atom stereocenters. The maximum Gasteiger partial charge on any atom is 0.134 e. The predicted octanol–water partition coefficient (Wildman–Crippen LogP) is 4.02. The number of rotatable bonds is 8. The normalized spacial score (nSPS) is 23.3. The van der Waals surface area contributed by atoms with Crippen LogP contribution >= 0.6 is 0 Å². The molecule has 0 bridgehead atoms. The summed E-state index contributed by atoms with van der Waals surface area (Å²) in [6.45, 7) is 2.32. The van der Waals surface area contributed by atoms with Gasteiger partial charge in [-0.15, -0.1) is 5.10 Å². The van der Waals surface area contributed by atoms with Crippen LogP contribution in [-0.2, 0) is 22.6 Å². The Kier molecular flexibility index (Phi) is 6.28. The molecule has 3 aromatic carbocycles. The maximum atomic E-state index is 6.15. The molecule has 178 valence electrons. The Morgan fingerprint density at radius 1 is 0.829 bits per heavy atom. The van der Waals surface area contributed by atoms with Gasteiger partial charge in [-0.1, -0.05) is 78.0 Å². The van der Waals surface area contributed by atoms with Crippen molar-refractivity contribution in [2.75, 3.05) is 13.2 Å². The molecule has 0 unspecified atom stereocenters. The minimum atomic E-state index is -0.0439. The molecule has 1 aromatic heterocycles. The van der Waals surface area contributed by atoms with Crippen LogP contribution in [0.15, 0.2) is 91.1 Å². The molecule has 1 N–H and O–H groups in total. The zero-order valence-electron chi connectivity index (χ0n) is 19.4. The molecule has 0 spiro atoms. The van der Waals surface area contributed by atoms with Gasteiger partial charge in [0.05, 0.1) is 25.5 Å². The summed E-state index contributed by atoms with van der Waals surface area (Å²) >= 11 is 0. The molecule has 2 aliphatic heterocycles. The Morgan fingerprint density at radius 3 is 2.34 bits per heavy atom. The number of benzene rings is 3. The SMILES string of the molecule is c1ccc(OCc2cn([C@H]3CO[C@H]4[C@H]3OC[C@H]4NCc3ccc(-c4ccccc4)cc3)nn2)cc1. The molecule has 4 aromatic rings. The lowest BCUT2D eigenvalue weighted by atomic mass is 10.0. The average Bonchev–Trinajstić information content (AvgIpc) is 3.65. The second-order valence-electron chi connectivity index (χ2n) is 9.01. The highest BCUT2D eigenvalue weighted by Gasteiger charge is 2.48. The van der Waals surface area contributed by atoms with Crippen molar-refractivity contribution in [3.8, 4) is 16.9 Å². The largest absolute Gasteiger partial charge is 0.487 e. The van der Waals surface area contributed by atoms with E-state index in [9.17, 15) is 0 Å². The molecule has 0 aliphatic carbocycles. The van der Waals surface area contributed by atoms with Crippen LogP contribution in [0.2, 0.25) is 0 Å². The van der Waals surface area contributed by atoms with E-state index in [4.69, 9.17) is 14.2 Å². The second-order valence-corrected chi connectivity index (χ2v) is 9.01. The van der Waals surface area contributed by atoms with Crippen LogP contribution in [0.25, 0.3) is 11.1 Å². The predicted molar refractivity (Wildman–Crippen MR) is 132 cm³/mol. The molecular weight excluding hydrogens is 440 g/mol. The molecule has 0 saturated carbocycles. The molecule has 2 saturated heterocycles. The summed E-state index contributed by atoms with van der Waals surface area (Å²) in [7, 11) is 0. The lowest BCUT2D eigenvalue weighted by Crippen LogP contribution is -2.40. The van der Waals surface area contributed by atoms with Crippen molar-refractivity contribution in [1.82, 2.24) is 20.3 Å². The van der Waals surface area contributed by atoms with Crippen molar-refractivity contribution in [3.63, 3.8) is 0 Å². The Labute approximate surface area is 204 Å². The molecular formula is C28H28N4O3. The zero-order chi connectivity index (χ0) is 23.5. The van der Waals surface area contributed by atoms with E-state index in [0.29, 0.717) is 19.8 Å². The summed E-state index contributed by atoms with van der Waals surface area (Å²) in [6.07, 6.45) is 1.88. The molecule has 0 amide bonds. The zero-order valence-corrected chi connectivity index (χ0v) is 19.4. The highest BCUT2D eigenvalue weighted by molar-refractivity contribution is 5.63. The van der Waals surface area contributed by atoms with E-state index in [2.05, 4.69) is 64.2 Å². The Morgan fingerprint density at radius 2 is 1.54 bits per heavy atom. The fourth-order valence-corrected chi connectivity index (χ4v) is 4.79. The first-order valence-corrected chi connectivity index (χ1v) is 12.0. The van der Waals surface area contributed by atoms with Crippen molar-refractivity contribution in [2.24, 2.45) is 0 Å². The van der Waals surface area contributed by atoms with E-state index in [1.165, 1.54) is 16.7 Å². The van der Waals surface area contributed by atoms with Gasteiger partial charge >= 0.3 is 0 Å². The number of hydrogen-bond donors (Lipinski definition) is 1. The van der Waals surface area contributed by atoms with Crippen molar-refractivity contribution in [2.45, 2.75) is 37.4 Å². The third-order valence-corrected chi connectivity index (χ3v) is 6.68. The molecule has 2 aliphatic rings. The maximum absolute atomic E-state index is 6.15. The first-order chi connectivity index (χ1) is 17.3. The Bertz CT molecular complexity index is 1230. The lowest BCUT2D eigenvalue weighted by molar-refractivity contribution is 0.0619. The Balaban J connectivity index is 1.03. The average molecular weight is 469 g/mol. The van der Waals surface area contributed by atoms with Gasteiger partial charge in [0.25, 0.3) is 0 Å². The van der Waals surface area contributed by atoms with Gasteiger partial charge in [0.15, 0.2) is 0 Å². The van der Waals surface area contributed by atoms with Crippen LogP contribution in [0, 0.1) is 0 Å². The number of aromatic nitrogens is 3. The highest BCUT2D eigenvalue weighted by atomic mass is 16.6. The van der Waals surface area contributed by atoms with Crippen LogP contribution in [0.4, 0.5) is 0 Å². The number of ether oxygens (including phenoxy) is 3. The third-order valence-electron chi connectivity index (χ3n) is 6.68. The molecule has 0 radical (unpaired) electrons. The summed E-state index contributed by atoms with van der Waals surface area (Å²) in [5.74, 6) is 0.814. The molecule has 2 fully saturated rings. The number of para-hydroxylation sites is 1. The smallest absolute Gasteiger partial charge is 0.134 e. The highest BCUT2D eigenvalue weighted by Crippen LogP contribution is 2.34. The van der Waals surface area contributed by atoms with E-state index < -0.39 is 0 Å². The van der Waals surface area contributed by atoms with Gasteiger partial charge in [-0.25, -0.2) is 4.68 Å². The van der Waals surface area contributed by atoms with E-state index in [1.54, 1.807) is 0 Å². The van der Waals surface area contributed by atoms with Crippen molar-refractivity contribution >= 4 is 0 Å². The minimum Gasteiger partial charge on any atom is -0.487 e. The van der Waals surface area contributed by atoms with E-state index in [-0.39, 0.29) is 24.3 Å². The van der Waals surface area contributed by atoms with Crippen LogP contribution in [-0.4, -0.2) is 46.5 Å². The molecule has 7 heteroatoms. The molecule has 6 rings (SSSR count). The second kappa shape index (κ2) is 10.00. The summed E-state index contributed by atoms with van der Waals surface area (Å²) in [5, 5.41) is 12.2. The van der Waals surface area contributed by atoms with E-state index in [0.717, 1.165) is 18.0 Å². The fourth-order valence-electron chi connectivity index (χ4n) is 4.79. The van der Waals surface area contributed by atoms with E-state index in [1.807, 2.05) is 47.3 Å². The molecule has 7 nitrogen and oxygen atoms in total. The van der Waals surface area contributed by atoms with Crippen LogP contribution in [0.1, 0.15) is 17.3 Å². The van der Waals surface area contributed by atoms with Gasteiger partial charge in [-0.3, -0.25) is 0 Å². The standard InChI is InChI=1S/C28H28N4O3/c1-3-7-21(8-4-1)22-13-11-20(12-14-22)15-29-25-18-34-28-26(19-35-27(25)28)32-16-23(30-31-32)17-33-24-9-5-2-6-10-24/h1-14,16,25-29H,15,17-19H2/t25-,26+,27-,28+/m1/s1. The van der Waals surface area contributed by atoms with Gasteiger partial charge in [0, 0.05) is 6.54 Å². The van der Waals surface area contributed by atoms with Crippen molar-refractivity contribution in [3.05, 3.63) is 102 Å². The molecule has 35 heavy (non-hydrogen) atoms. The first kappa shape index (κ1) is 22.0. The first-order valence-electron chi connectivity index (χ1n) is 12.0. The van der Waals surface area contributed by atoms with Gasteiger partial charge in [-0.2, -0.15) is 0 Å². The van der Waals surface area contributed by atoms with Crippen LogP contribution < -0.4 is 10.1 Å². The van der Waals surface area contributed by atoms with Gasteiger partial charge in [0.1, 0.15) is 36.3 Å². The van der Waals surface area contributed by atoms with Gasteiger partial charge in [-0.05, 0) is 28.8 Å². The summed E-state index contributed by atoms with van der Waals surface area (Å²) in [5.41, 5.74) is 4.47. The number of hydrogen-bond acceptors (Lipinski definition) is 6. The van der Waals surface area contributed by atoms with Crippen molar-refractivity contribution < 1.29 is 14.2 Å². The van der Waals surface area contributed by atoms with Crippen LogP contribution in [0.3, 0.4) is 0 Å². The van der Waals surface area contributed by atoms with Crippen LogP contribution in [0.5, 0.6) is 5.75 Å². The van der Waals surface area contributed by atoms with Gasteiger partial charge in [0.2, 0.25) is 0 Å². The monoisotopic (exact) mass is 468 g/mol. The quantitative estimate of drug-likeness (QED) is 0.421. The minimum absolute atomic E-state index is 0.00295. The van der Waals surface area contributed by atoms with E-state index >= 15 is 0 Å². The number of nitrogens with zero attached hydrogens (tertiary/aromatic N) is 3. The summed E-state index contributed by atoms with van der Waals surface area (Å²) in [4.78, 5) is 0. The summed E-state index contributed by atoms with van der Waals surface area (Å²) < 4.78 is 20.0. The topological polar surface area (TPSA) is 70.4 Å². The van der Waals surface area contributed by atoms with Gasteiger partial charge < -0.3 is 19.5 Å². The number of fused-ring (bicyclic) bond motifs is 1. The third kappa shape index (κ3) is 4.84. The Hall–Kier alpha value is -3.52. The van der Waals surface area contributed by atoms with Crippen molar-refractivity contribution in [1.29, 1.82) is 0 Å². The lowest BCUT2D eigenvalue weighted by Gasteiger charge is -2.18. The fraction of sp³-hybridized carbons (Fsp3) is 0.286. The summed E-state index contributed by atoms with van der Waals surface area (Å²) in [6, 6.07) is 29.0. The molecule has 3 heterocycles.